The van der Waals surface area contributed by atoms with Gasteiger partial charge in [-0.25, -0.2) is 9.67 Å². The van der Waals surface area contributed by atoms with E-state index in [-0.39, 0.29) is 5.56 Å². The average molecular weight is 284 g/mol. The van der Waals surface area contributed by atoms with Crippen molar-refractivity contribution in [3.05, 3.63) is 39.2 Å². The van der Waals surface area contributed by atoms with E-state index in [1.165, 1.54) is 4.68 Å². The van der Waals surface area contributed by atoms with Gasteiger partial charge in [-0.15, -0.1) is 0 Å². The van der Waals surface area contributed by atoms with Crippen LogP contribution in [0.2, 0.25) is 0 Å². The molecule has 7 heteroatoms. The molecule has 0 aliphatic carbocycles. The van der Waals surface area contributed by atoms with Gasteiger partial charge < -0.3 is 10.3 Å². The number of H-pyrrole nitrogens is 1. The third-order valence-electron chi connectivity index (χ3n) is 2.08. The van der Waals surface area contributed by atoms with Crippen molar-refractivity contribution in [3.8, 4) is 0 Å². The summed E-state index contributed by atoms with van der Waals surface area (Å²) in [6, 6.07) is 0. The highest BCUT2D eigenvalue weighted by atomic mass is 79.9. The molecule has 0 amide bonds. The van der Waals surface area contributed by atoms with Gasteiger partial charge in [0, 0.05) is 19.4 Å². The molecule has 0 saturated heterocycles. The Labute approximate surface area is 99.8 Å². The minimum atomic E-state index is -0.176. The number of imidazole rings is 1. The van der Waals surface area contributed by atoms with Crippen molar-refractivity contribution in [2.24, 2.45) is 7.05 Å². The van der Waals surface area contributed by atoms with Crippen LogP contribution in [0.15, 0.2) is 27.9 Å². The summed E-state index contributed by atoms with van der Waals surface area (Å²) in [5.74, 6) is 0.799. The summed E-state index contributed by atoms with van der Waals surface area (Å²) in [5, 5.41) is 6.99. The summed E-state index contributed by atoms with van der Waals surface area (Å²) >= 11 is 3.23. The molecule has 0 aromatic carbocycles. The molecule has 6 nitrogen and oxygen atoms in total. The summed E-state index contributed by atoms with van der Waals surface area (Å²) in [6.07, 6.45) is 5.01. The second kappa shape index (κ2) is 4.48. The number of aromatic amines is 1. The Morgan fingerprint density at radius 3 is 3.12 bits per heavy atom. The second-order valence-corrected chi connectivity index (χ2v) is 3.98. The lowest BCUT2D eigenvalue weighted by atomic mass is 10.4. The third-order valence-corrected chi connectivity index (χ3v) is 2.85. The van der Waals surface area contributed by atoms with Crippen molar-refractivity contribution in [3.63, 3.8) is 0 Å². The second-order valence-electron chi connectivity index (χ2n) is 3.19. The zero-order valence-corrected chi connectivity index (χ0v) is 10.2. The summed E-state index contributed by atoms with van der Waals surface area (Å²) in [4.78, 5) is 18.6. The van der Waals surface area contributed by atoms with Crippen molar-refractivity contribution in [1.82, 2.24) is 19.7 Å². The standard InChI is InChI=1S/C9H10BrN5O/c1-15-9(16)8(10)6(4-14-15)13-5-7-11-2-3-12-7/h2-4,13H,5H2,1H3,(H,11,12). The van der Waals surface area contributed by atoms with Crippen molar-refractivity contribution < 1.29 is 0 Å². The average Bonchev–Trinajstić information content (AvgIpc) is 2.78. The van der Waals surface area contributed by atoms with Crippen LogP contribution in [0.3, 0.4) is 0 Å². The maximum Gasteiger partial charge on any atom is 0.282 e. The predicted octanol–water partition coefficient (Wildman–Crippen LogP) is 0.878. The molecular formula is C9H10BrN5O. The molecule has 0 unspecified atom stereocenters. The minimum absolute atomic E-state index is 0.176. The molecule has 16 heavy (non-hydrogen) atoms. The molecule has 2 aromatic heterocycles. The molecule has 0 radical (unpaired) electrons. The normalized spacial score (nSPS) is 10.4. The van der Waals surface area contributed by atoms with E-state index in [0.29, 0.717) is 16.7 Å². The number of aromatic nitrogens is 4. The lowest BCUT2D eigenvalue weighted by Crippen LogP contribution is -2.21. The van der Waals surface area contributed by atoms with E-state index in [1.807, 2.05) is 0 Å². The highest BCUT2D eigenvalue weighted by Crippen LogP contribution is 2.16. The van der Waals surface area contributed by atoms with E-state index >= 15 is 0 Å². The smallest absolute Gasteiger partial charge is 0.282 e. The maximum absolute atomic E-state index is 11.5. The minimum Gasteiger partial charge on any atom is -0.375 e. The number of hydrogen-bond donors (Lipinski definition) is 2. The van der Waals surface area contributed by atoms with Gasteiger partial charge in [0.2, 0.25) is 0 Å². The fraction of sp³-hybridized carbons (Fsp3) is 0.222. The maximum atomic E-state index is 11.5. The lowest BCUT2D eigenvalue weighted by Gasteiger charge is -2.06. The van der Waals surface area contributed by atoms with Gasteiger partial charge >= 0.3 is 0 Å². The Balaban J connectivity index is 2.16. The van der Waals surface area contributed by atoms with Crippen LogP contribution in [0.5, 0.6) is 0 Å². The zero-order valence-electron chi connectivity index (χ0n) is 8.57. The number of anilines is 1. The molecule has 2 N–H and O–H groups in total. The van der Waals surface area contributed by atoms with Crippen molar-refractivity contribution >= 4 is 21.6 Å². The van der Waals surface area contributed by atoms with E-state index in [2.05, 4.69) is 36.3 Å². The topological polar surface area (TPSA) is 75.6 Å². The van der Waals surface area contributed by atoms with Crippen LogP contribution in [0.25, 0.3) is 0 Å². The third kappa shape index (κ3) is 2.13. The Hall–Kier alpha value is -1.63. The predicted molar refractivity (Wildman–Crippen MR) is 63.1 cm³/mol. The molecule has 2 heterocycles. The summed E-state index contributed by atoms with van der Waals surface area (Å²) in [7, 11) is 1.60. The number of rotatable bonds is 3. The van der Waals surface area contributed by atoms with Gasteiger partial charge in [-0.1, -0.05) is 0 Å². The van der Waals surface area contributed by atoms with Crippen LogP contribution in [0, 0.1) is 0 Å². The van der Waals surface area contributed by atoms with Gasteiger partial charge in [0.05, 0.1) is 18.4 Å². The van der Waals surface area contributed by atoms with Crippen molar-refractivity contribution in [2.45, 2.75) is 6.54 Å². The quantitative estimate of drug-likeness (QED) is 0.877. The first-order valence-corrected chi connectivity index (χ1v) is 5.41. The summed E-state index contributed by atoms with van der Waals surface area (Å²) in [6.45, 7) is 0.514. The highest BCUT2D eigenvalue weighted by molar-refractivity contribution is 9.10. The molecular weight excluding hydrogens is 274 g/mol. The number of nitrogens with zero attached hydrogens (tertiary/aromatic N) is 3. The Morgan fingerprint density at radius 2 is 2.44 bits per heavy atom. The molecule has 0 saturated carbocycles. The van der Waals surface area contributed by atoms with Crippen LogP contribution in [0.4, 0.5) is 5.69 Å². The van der Waals surface area contributed by atoms with Crippen molar-refractivity contribution in [2.75, 3.05) is 5.32 Å². The summed E-state index contributed by atoms with van der Waals surface area (Å²) < 4.78 is 1.74. The van der Waals surface area contributed by atoms with Crippen LogP contribution in [0.1, 0.15) is 5.82 Å². The first-order chi connectivity index (χ1) is 7.68. The number of halogens is 1. The van der Waals surface area contributed by atoms with E-state index in [4.69, 9.17) is 0 Å². The Kier molecular flexibility index (Phi) is 3.04. The number of aryl methyl sites for hydroxylation is 1. The Morgan fingerprint density at radius 1 is 1.62 bits per heavy atom. The number of nitrogens with one attached hydrogen (secondary N) is 2. The highest BCUT2D eigenvalue weighted by Gasteiger charge is 2.06. The molecule has 0 bridgehead atoms. The van der Waals surface area contributed by atoms with E-state index in [9.17, 15) is 4.79 Å². The molecule has 0 spiro atoms. The molecule has 2 aromatic rings. The van der Waals surface area contributed by atoms with Gasteiger partial charge in [-0.3, -0.25) is 4.79 Å². The molecule has 0 fully saturated rings. The lowest BCUT2D eigenvalue weighted by molar-refractivity contribution is 0.703. The fourth-order valence-electron chi connectivity index (χ4n) is 1.21. The molecule has 0 aliphatic heterocycles. The first kappa shape index (κ1) is 10.9. The fourth-order valence-corrected chi connectivity index (χ4v) is 1.71. The van der Waals surface area contributed by atoms with Gasteiger partial charge in [0.1, 0.15) is 10.3 Å². The van der Waals surface area contributed by atoms with Crippen molar-refractivity contribution in [1.29, 1.82) is 0 Å². The van der Waals surface area contributed by atoms with E-state index < -0.39 is 0 Å². The van der Waals surface area contributed by atoms with E-state index in [1.54, 1.807) is 25.6 Å². The van der Waals surface area contributed by atoms with Gasteiger partial charge in [-0.2, -0.15) is 5.10 Å². The molecule has 84 valence electrons. The van der Waals surface area contributed by atoms with Crippen LogP contribution in [-0.2, 0) is 13.6 Å². The van der Waals surface area contributed by atoms with Gasteiger partial charge in [0.25, 0.3) is 5.56 Å². The van der Waals surface area contributed by atoms with Gasteiger partial charge in [0.15, 0.2) is 0 Å². The monoisotopic (exact) mass is 283 g/mol. The van der Waals surface area contributed by atoms with Crippen LogP contribution < -0.4 is 10.9 Å². The van der Waals surface area contributed by atoms with Crippen LogP contribution in [-0.4, -0.2) is 19.7 Å². The first-order valence-electron chi connectivity index (χ1n) is 4.62. The van der Waals surface area contributed by atoms with E-state index in [0.717, 1.165) is 5.82 Å². The molecule has 0 aliphatic rings. The summed E-state index contributed by atoms with van der Waals surface area (Å²) in [5.41, 5.74) is 0.476. The number of hydrogen-bond acceptors (Lipinski definition) is 4. The van der Waals surface area contributed by atoms with Crippen LogP contribution >= 0.6 is 15.9 Å². The largest absolute Gasteiger partial charge is 0.375 e. The zero-order chi connectivity index (χ0) is 11.5. The molecule has 0 atom stereocenters. The van der Waals surface area contributed by atoms with Gasteiger partial charge in [-0.05, 0) is 15.9 Å². The molecule has 2 rings (SSSR count). The SMILES string of the molecule is Cn1ncc(NCc2ncc[nH]2)c(Br)c1=O. The Bertz CT molecular complexity index is 533.